The molecule has 0 atom stereocenters. The summed E-state index contributed by atoms with van der Waals surface area (Å²) in [6, 6.07) is 0.604. The lowest BCUT2D eigenvalue weighted by Gasteiger charge is -2.54. The molecule has 4 N–H and O–H groups in total. The van der Waals surface area contributed by atoms with E-state index in [4.69, 9.17) is 5.84 Å². The first kappa shape index (κ1) is 5.65. The maximum absolute atomic E-state index is 5.26. The summed E-state index contributed by atoms with van der Waals surface area (Å²) in [7, 11) is 0. The highest BCUT2D eigenvalue weighted by Gasteiger charge is 2.47. The number of hydrogen-bond donors (Lipinski definition) is 3. The summed E-state index contributed by atoms with van der Waals surface area (Å²) in [5.74, 6) is 5.26. The van der Waals surface area contributed by atoms with Gasteiger partial charge in [0.05, 0.1) is 0 Å². The Bertz CT molecular complexity index is 111. The minimum Gasteiger partial charge on any atom is -0.316 e. The molecule has 0 radical (unpaired) electrons. The van der Waals surface area contributed by atoms with E-state index < -0.39 is 0 Å². The molecule has 9 heavy (non-hydrogen) atoms. The number of nitrogens with one attached hydrogen (secondary N) is 2. The van der Waals surface area contributed by atoms with Crippen molar-refractivity contribution in [3.05, 3.63) is 0 Å². The van der Waals surface area contributed by atoms with Gasteiger partial charge in [0.2, 0.25) is 0 Å². The molecule has 1 saturated heterocycles. The largest absolute Gasteiger partial charge is 0.316 e. The highest BCUT2D eigenvalue weighted by Crippen LogP contribution is 2.43. The maximum atomic E-state index is 5.26. The smallest absolute Gasteiger partial charge is 0.0223 e. The van der Waals surface area contributed by atoms with Crippen LogP contribution in [0.2, 0.25) is 0 Å². The third-order valence-corrected chi connectivity index (χ3v) is 2.59. The van der Waals surface area contributed by atoms with Gasteiger partial charge >= 0.3 is 0 Å². The zero-order valence-electron chi connectivity index (χ0n) is 5.48. The number of hydrogen-bond acceptors (Lipinski definition) is 3. The Morgan fingerprint density at radius 2 is 2.11 bits per heavy atom. The summed E-state index contributed by atoms with van der Waals surface area (Å²) < 4.78 is 0. The van der Waals surface area contributed by atoms with E-state index in [1.165, 1.54) is 25.9 Å². The summed E-state index contributed by atoms with van der Waals surface area (Å²) in [5, 5.41) is 3.28. The van der Waals surface area contributed by atoms with E-state index in [2.05, 4.69) is 10.7 Å². The van der Waals surface area contributed by atoms with Crippen LogP contribution in [-0.2, 0) is 0 Å². The van der Waals surface area contributed by atoms with Crippen LogP contribution in [-0.4, -0.2) is 19.1 Å². The van der Waals surface area contributed by atoms with E-state index in [1.807, 2.05) is 0 Å². The Kier molecular flexibility index (Phi) is 1.06. The van der Waals surface area contributed by atoms with E-state index in [-0.39, 0.29) is 0 Å². The summed E-state index contributed by atoms with van der Waals surface area (Å²) in [6.45, 7) is 2.43. The van der Waals surface area contributed by atoms with Gasteiger partial charge in [0.25, 0.3) is 0 Å². The lowest BCUT2D eigenvalue weighted by molar-refractivity contribution is 0.0238. The molecule has 0 aromatic heterocycles. The van der Waals surface area contributed by atoms with Crippen molar-refractivity contribution in [2.45, 2.75) is 18.9 Å². The average Bonchev–Trinajstić information content (AvgIpc) is 1.59. The molecule has 2 fully saturated rings. The second-order valence-corrected chi connectivity index (χ2v) is 3.38. The SMILES string of the molecule is NNC1CC2(CNC2)C1. The van der Waals surface area contributed by atoms with E-state index in [0.717, 1.165) is 0 Å². The second-order valence-electron chi connectivity index (χ2n) is 3.38. The van der Waals surface area contributed by atoms with Crippen molar-refractivity contribution in [2.24, 2.45) is 11.3 Å². The lowest BCUT2D eigenvalue weighted by atomic mass is 9.62. The standard InChI is InChI=1S/C6H13N3/c7-9-5-1-6(2-5)3-8-4-6/h5,8-9H,1-4,7H2. The molecule has 52 valence electrons. The van der Waals surface area contributed by atoms with Crippen LogP contribution in [0.4, 0.5) is 0 Å². The minimum atomic E-state index is 0.604. The molecular weight excluding hydrogens is 114 g/mol. The van der Waals surface area contributed by atoms with Crippen LogP contribution in [0.25, 0.3) is 0 Å². The van der Waals surface area contributed by atoms with Crippen molar-refractivity contribution in [1.29, 1.82) is 0 Å². The molecule has 1 saturated carbocycles. The Morgan fingerprint density at radius 3 is 2.44 bits per heavy atom. The Hall–Kier alpha value is -0.120. The highest BCUT2D eigenvalue weighted by atomic mass is 15.2. The molecular formula is C6H13N3. The topological polar surface area (TPSA) is 50.1 Å². The van der Waals surface area contributed by atoms with Crippen molar-refractivity contribution >= 4 is 0 Å². The predicted octanol–water partition coefficient (Wildman–Crippen LogP) is -0.798. The fourth-order valence-electron chi connectivity index (χ4n) is 1.87. The van der Waals surface area contributed by atoms with Gasteiger partial charge < -0.3 is 5.32 Å². The molecule has 3 heteroatoms. The van der Waals surface area contributed by atoms with E-state index in [9.17, 15) is 0 Å². The van der Waals surface area contributed by atoms with Crippen LogP contribution >= 0.6 is 0 Å². The van der Waals surface area contributed by atoms with Gasteiger partial charge in [0.1, 0.15) is 0 Å². The zero-order valence-corrected chi connectivity index (χ0v) is 5.48. The van der Waals surface area contributed by atoms with Crippen molar-refractivity contribution in [1.82, 2.24) is 10.7 Å². The van der Waals surface area contributed by atoms with Gasteiger partial charge in [-0.3, -0.25) is 11.3 Å². The number of nitrogens with two attached hydrogens (primary N) is 1. The summed E-state index contributed by atoms with van der Waals surface area (Å²) >= 11 is 0. The zero-order chi connectivity index (χ0) is 6.32. The molecule has 2 aliphatic rings. The molecule has 1 spiro atoms. The lowest BCUT2D eigenvalue weighted by Crippen LogP contribution is -2.65. The third-order valence-electron chi connectivity index (χ3n) is 2.59. The maximum Gasteiger partial charge on any atom is 0.0223 e. The van der Waals surface area contributed by atoms with Crippen LogP contribution in [0.1, 0.15) is 12.8 Å². The molecule has 1 heterocycles. The van der Waals surface area contributed by atoms with Crippen LogP contribution < -0.4 is 16.6 Å². The molecule has 0 unspecified atom stereocenters. The van der Waals surface area contributed by atoms with Crippen molar-refractivity contribution < 1.29 is 0 Å². The second kappa shape index (κ2) is 1.68. The molecule has 0 amide bonds. The fourth-order valence-corrected chi connectivity index (χ4v) is 1.87. The monoisotopic (exact) mass is 127 g/mol. The molecule has 1 aliphatic carbocycles. The first-order chi connectivity index (χ1) is 4.35. The van der Waals surface area contributed by atoms with E-state index in [1.54, 1.807) is 0 Å². The number of hydrazine groups is 1. The van der Waals surface area contributed by atoms with Gasteiger partial charge in [-0.25, -0.2) is 0 Å². The Morgan fingerprint density at radius 1 is 1.44 bits per heavy atom. The highest BCUT2D eigenvalue weighted by molar-refractivity contribution is 5.04. The normalized spacial score (nSPS) is 31.7. The van der Waals surface area contributed by atoms with Gasteiger partial charge in [-0.05, 0) is 18.3 Å². The first-order valence-electron chi connectivity index (χ1n) is 3.52. The van der Waals surface area contributed by atoms with Gasteiger partial charge in [-0.1, -0.05) is 0 Å². The summed E-state index contributed by atoms with van der Waals surface area (Å²) in [4.78, 5) is 0. The van der Waals surface area contributed by atoms with Crippen molar-refractivity contribution in [3.63, 3.8) is 0 Å². The number of rotatable bonds is 1. The van der Waals surface area contributed by atoms with Gasteiger partial charge in [0, 0.05) is 19.1 Å². The Labute approximate surface area is 55.0 Å². The van der Waals surface area contributed by atoms with Crippen molar-refractivity contribution in [2.75, 3.05) is 13.1 Å². The average molecular weight is 127 g/mol. The predicted molar refractivity (Wildman–Crippen MR) is 35.6 cm³/mol. The molecule has 0 bridgehead atoms. The summed E-state index contributed by atoms with van der Waals surface area (Å²) in [5.41, 5.74) is 3.46. The first-order valence-corrected chi connectivity index (χ1v) is 3.52. The minimum absolute atomic E-state index is 0.604. The van der Waals surface area contributed by atoms with Crippen LogP contribution in [0, 0.1) is 5.41 Å². The molecule has 3 nitrogen and oxygen atoms in total. The van der Waals surface area contributed by atoms with Crippen LogP contribution in [0.5, 0.6) is 0 Å². The van der Waals surface area contributed by atoms with E-state index >= 15 is 0 Å². The van der Waals surface area contributed by atoms with Gasteiger partial charge in [-0.15, -0.1) is 0 Å². The van der Waals surface area contributed by atoms with E-state index in [0.29, 0.717) is 11.5 Å². The summed E-state index contributed by atoms with van der Waals surface area (Å²) in [6.07, 6.45) is 2.55. The van der Waals surface area contributed by atoms with Crippen LogP contribution in [0.3, 0.4) is 0 Å². The molecule has 1 aliphatic heterocycles. The van der Waals surface area contributed by atoms with Crippen molar-refractivity contribution in [3.8, 4) is 0 Å². The fraction of sp³-hybridized carbons (Fsp3) is 1.00. The molecule has 0 aromatic rings. The quantitative estimate of drug-likeness (QED) is 0.319. The molecule has 2 rings (SSSR count). The third kappa shape index (κ3) is 0.689. The van der Waals surface area contributed by atoms with Gasteiger partial charge in [0.15, 0.2) is 0 Å². The van der Waals surface area contributed by atoms with Gasteiger partial charge in [-0.2, -0.15) is 0 Å². The molecule has 0 aromatic carbocycles. The van der Waals surface area contributed by atoms with Crippen LogP contribution in [0.15, 0.2) is 0 Å². The Balaban J connectivity index is 1.82.